The Labute approximate surface area is 100 Å². The van der Waals surface area contributed by atoms with Crippen LogP contribution in [-0.2, 0) is 10.2 Å². The minimum absolute atomic E-state index is 0.350. The summed E-state index contributed by atoms with van der Waals surface area (Å²) < 4.78 is 13.3. The predicted octanol–water partition coefficient (Wildman–Crippen LogP) is 3.42. The van der Waals surface area contributed by atoms with Crippen molar-refractivity contribution in [2.24, 2.45) is 0 Å². The lowest BCUT2D eigenvalue weighted by Crippen LogP contribution is -2.38. The van der Waals surface area contributed by atoms with Crippen molar-refractivity contribution in [1.82, 2.24) is 0 Å². The Kier molecular flexibility index (Phi) is 3.18. The van der Waals surface area contributed by atoms with Gasteiger partial charge in [0.1, 0.15) is 5.82 Å². The molecule has 0 aliphatic heterocycles. The van der Waals surface area contributed by atoms with Gasteiger partial charge in [0.2, 0.25) is 0 Å². The highest BCUT2D eigenvalue weighted by Crippen LogP contribution is 2.41. The summed E-state index contributed by atoms with van der Waals surface area (Å²) in [6.07, 6.45) is 4.12. The molecule has 1 fully saturated rings. The van der Waals surface area contributed by atoms with Crippen LogP contribution >= 0.6 is 0 Å². The number of aliphatic carboxylic acids is 1. The van der Waals surface area contributed by atoms with Gasteiger partial charge >= 0.3 is 5.97 Å². The summed E-state index contributed by atoms with van der Waals surface area (Å²) in [6, 6.07) is 4.45. The van der Waals surface area contributed by atoms with E-state index in [2.05, 4.69) is 0 Å². The van der Waals surface area contributed by atoms with E-state index in [1.165, 1.54) is 12.1 Å². The van der Waals surface area contributed by atoms with E-state index in [0.29, 0.717) is 18.4 Å². The predicted molar refractivity (Wildman–Crippen MR) is 63.5 cm³/mol. The third kappa shape index (κ3) is 2.06. The van der Waals surface area contributed by atoms with Crippen LogP contribution in [0.5, 0.6) is 0 Å². The fourth-order valence-electron chi connectivity index (χ4n) is 2.86. The minimum Gasteiger partial charge on any atom is -0.481 e. The van der Waals surface area contributed by atoms with Crippen molar-refractivity contribution in [1.29, 1.82) is 0 Å². The highest BCUT2D eigenvalue weighted by Gasteiger charge is 2.42. The second kappa shape index (κ2) is 4.47. The minimum atomic E-state index is -0.871. The zero-order valence-corrected chi connectivity index (χ0v) is 10.0. The largest absolute Gasteiger partial charge is 0.481 e. The van der Waals surface area contributed by atoms with Gasteiger partial charge in [-0.1, -0.05) is 25.3 Å². The van der Waals surface area contributed by atoms with E-state index < -0.39 is 11.4 Å². The number of carbonyl (C=O) groups is 1. The first-order valence-corrected chi connectivity index (χ1v) is 6.06. The molecule has 1 aliphatic rings. The van der Waals surface area contributed by atoms with Crippen molar-refractivity contribution < 1.29 is 14.3 Å². The zero-order chi connectivity index (χ0) is 12.5. The van der Waals surface area contributed by atoms with Crippen LogP contribution in [0.3, 0.4) is 0 Å². The van der Waals surface area contributed by atoms with Gasteiger partial charge in [0.15, 0.2) is 0 Å². The van der Waals surface area contributed by atoms with Crippen LogP contribution in [0.15, 0.2) is 18.2 Å². The van der Waals surface area contributed by atoms with Crippen molar-refractivity contribution in [2.45, 2.75) is 44.4 Å². The number of carboxylic acid groups (broad SMARTS) is 1. The molecular formula is C14H17FO2. The first kappa shape index (κ1) is 12.1. The molecule has 0 radical (unpaired) electrons. The van der Waals surface area contributed by atoms with Crippen molar-refractivity contribution in [3.63, 3.8) is 0 Å². The molecule has 0 unspecified atom stereocenters. The van der Waals surface area contributed by atoms with Crippen LogP contribution in [0.4, 0.5) is 4.39 Å². The third-order valence-corrected chi connectivity index (χ3v) is 3.83. The number of carboxylic acids is 1. The maximum absolute atomic E-state index is 13.3. The molecule has 0 spiro atoms. The summed E-state index contributed by atoms with van der Waals surface area (Å²) in [7, 11) is 0. The summed E-state index contributed by atoms with van der Waals surface area (Å²) in [5, 5.41) is 9.54. The number of benzene rings is 1. The zero-order valence-electron chi connectivity index (χ0n) is 10.0. The quantitative estimate of drug-likeness (QED) is 0.854. The van der Waals surface area contributed by atoms with Crippen LogP contribution in [0.25, 0.3) is 0 Å². The molecule has 17 heavy (non-hydrogen) atoms. The van der Waals surface area contributed by atoms with E-state index in [1.54, 1.807) is 6.07 Å². The molecule has 1 N–H and O–H groups in total. The smallest absolute Gasteiger partial charge is 0.314 e. The van der Waals surface area contributed by atoms with Gasteiger partial charge in [-0.25, -0.2) is 4.39 Å². The Morgan fingerprint density at radius 3 is 2.53 bits per heavy atom. The maximum Gasteiger partial charge on any atom is 0.314 e. The molecule has 2 nitrogen and oxygen atoms in total. The Hall–Kier alpha value is -1.38. The highest BCUT2D eigenvalue weighted by atomic mass is 19.1. The molecule has 0 amide bonds. The molecule has 1 aromatic rings. The van der Waals surface area contributed by atoms with E-state index in [1.807, 2.05) is 6.92 Å². The second-order valence-electron chi connectivity index (χ2n) is 4.91. The third-order valence-electron chi connectivity index (χ3n) is 3.83. The van der Waals surface area contributed by atoms with Crippen LogP contribution in [0.2, 0.25) is 0 Å². The van der Waals surface area contributed by atoms with Crippen LogP contribution in [0, 0.1) is 12.7 Å². The summed E-state index contributed by atoms with van der Waals surface area (Å²) in [4.78, 5) is 11.6. The van der Waals surface area contributed by atoms with Gasteiger partial charge in [-0.15, -0.1) is 0 Å². The van der Waals surface area contributed by atoms with Gasteiger partial charge in [-0.3, -0.25) is 4.79 Å². The number of rotatable bonds is 2. The Morgan fingerprint density at radius 2 is 1.94 bits per heavy atom. The lowest BCUT2D eigenvalue weighted by molar-refractivity contribution is -0.145. The SMILES string of the molecule is Cc1ccc(F)cc1C1(C(=O)O)CCCCC1. The molecule has 0 saturated heterocycles. The molecule has 1 aromatic carbocycles. The summed E-state index contributed by atoms with van der Waals surface area (Å²) in [5.74, 6) is -1.16. The van der Waals surface area contributed by atoms with Crippen molar-refractivity contribution in [3.05, 3.63) is 35.1 Å². The van der Waals surface area contributed by atoms with E-state index in [4.69, 9.17) is 0 Å². The number of halogens is 1. The monoisotopic (exact) mass is 236 g/mol. The number of hydrogen-bond donors (Lipinski definition) is 1. The van der Waals surface area contributed by atoms with Crippen LogP contribution in [0.1, 0.15) is 43.2 Å². The van der Waals surface area contributed by atoms with E-state index in [9.17, 15) is 14.3 Å². The van der Waals surface area contributed by atoms with E-state index >= 15 is 0 Å². The summed E-state index contributed by atoms with van der Waals surface area (Å²) in [6.45, 7) is 1.86. The van der Waals surface area contributed by atoms with Gasteiger partial charge in [0.25, 0.3) is 0 Å². The average Bonchev–Trinajstić information content (AvgIpc) is 2.33. The molecule has 0 bridgehead atoms. The number of aryl methyl sites for hydroxylation is 1. The van der Waals surface area contributed by atoms with Crippen LogP contribution < -0.4 is 0 Å². The second-order valence-corrected chi connectivity index (χ2v) is 4.91. The summed E-state index contributed by atoms with van der Waals surface area (Å²) in [5.41, 5.74) is 0.658. The molecular weight excluding hydrogens is 219 g/mol. The molecule has 0 heterocycles. The average molecular weight is 236 g/mol. The van der Waals surface area contributed by atoms with Gasteiger partial charge in [-0.05, 0) is 43.0 Å². The fourth-order valence-corrected chi connectivity index (χ4v) is 2.86. The normalized spacial score (nSPS) is 18.9. The fraction of sp³-hybridized carbons (Fsp3) is 0.500. The molecule has 1 saturated carbocycles. The Balaban J connectivity index is 2.52. The standard InChI is InChI=1S/C14H17FO2/c1-10-5-6-11(15)9-12(10)14(13(16)17)7-3-2-4-8-14/h5-6,9H,2-4,7-8H2,1H3,(H,16,17). The first-order chi connectivity index (χ1) is 8.06. The molecule has 1 aliphatic carbocycles. The van der Waals surface area contributed by atoms with Gasteiger partial charge in [0, 0.05) is 0 Å². The van der Waals surface area contributed by atoms with Crippen molar-refractivity contribution >= 4 is 5.97 Å². The van der Waals surface area contributed by atoms with E-state index in [-0.39, 0.29) is 5.82 Å². The lowest BCUT2D eigenvalue weighted by atomic mass is 9.68. The highest BCUT2D eigenvalue weighted by molar-refractivity contribution is 5.82. The molecule has 2 rings (SSSR count). The van der Waals surface area contributed by atoms with E-state index in [0.717, 1.165) is 24.8 Å². The lowest BCUT2D eigenvalue weighted by Gasteiger charge is -2.34. The van der Waals surface area contributed by atoms with Gasteiger partial charge < -0.3 is 5.11 Å². The first-order valence-electron chi connectivity index (χ1n) is 6.06. The number of hydrogen-bond acceptors (Lipinski definition) is 1. The van der Waals surface area contributed by atoms with Crippen molar-refractivity contribution in [2.75, 3.05) is 0 Å². The molecule has 0 atom stereocenters. The topological polar surface area (TPSA) is 37.3 Å². The maximum atomic E-state index is 13.3. The Morgan fingerprint density at radius 1 is 1.29 bits per heavy atom. The Bertz CT molecular complexity index is 434. The molecule has 92 valence electrons. The molecule has 0 aromatic heterocycles. The molecule has 3 heteroatoms. The van der Waals surface area contributed by atoms with Gasteiger partial charge in [0.05, 0.1) is 5.41 Å². The van der Waals surface area contributed by atoms with Gasteiger partial charge in [-0.2, -0.15) is 0 Å². The summed E-state index contributed by atoms with van der Waals surface area (Å²) >= 11 is 0. The van der Waals surface area contributed by atoms with Crippen molar-refractivity contribution in [3.8, 4) is 0 Å². The van der Waals surface area contributed by atoms with Crippen LogP contribution in [-0.4, -0.2) is 11.1 Å².